The van der Waals surface area contributed by atoms with Gasteiger partial charge in [0, 0.05) is 7.05 Å². The number of carbonyl (C=O) groups excluding carboxylic acids is 2. The first-order chi connectivity index (χ1) is 9.35. The van der Waals surface area contributed by atoms with Gasteiger partial charge < -0.3 is 25.6 Å². The van der Waals surface area contributed by atoms with Gasteiger partial charge in [-0.15, -0.1) is 0 Å². The molecule has 7 nitrogen and oxygen atoms in total. The molecule has 0 heterocycles. The van der Waals surface area contributed by atoms with Crippen molar-refractivity contribution in [1.82, 2.24) is 4.90 Å². The zero-order valence-corrected chi connectivity index (χ0v) is 11.4. The monoisotopic (exact) mass is 282 g/mol. The number of rotatable bonds is 5. The van der Waals surface area contributed by atoms with E-state index in [4.69, 9.17) is 5.73 Å². The summed E-state index contributed by atoms with van der Waals surface area (Å²) in [5, 5.41) is 18.6. The number of esters is 1. The highest BCUT2D eigenvalue weighted by Crippen LogP contribution is 2.25. The van der Waals surface area contributed by atoms with Crippen molar-refractivity contribution in [3.8, 4) is 11.5 Å². The molecule has 110 valence electrons. The van der Waals surface area contributed by atoms with E-state index in [-0.39, 0.29) is 24.5 Å². The molecular formula is C13H18N2O5. The van der Waals surface area contributed by atoms with E-state index in [1.807, 2.05) is 0 Å². The van der Waals surface area contributed by atoms with Crippen molar-refractivity contribution in [3.05, 3.63) is 23.8 Å². The first kappa shape index (κ1) is 15.8. The van der Waals surface area contributed by atoms with E-state index in [0.29, 0.717) is 5.56 Å². The van der Waals surface area contributed by atoms with Crippen LogP contribution in [0.15, 0.2) is 18.2 Å². The molecule has 1 unspecified atom stereocenters. The molecule has 1 aromatic rings. The SMILES string of the molecule is COC(=O)CN(C)C(=O)C(N)Cc1ccc(O)c(O)c1. The number of likely N-dealkylation sites (N-methyl/N-ethyl adjacent to an activating group) is 1. The summed E-state index contributed by atoms with van der Waals surface area (Å²) >= 11 is 0. The van der Waals surface area contributed by atoms with E-state index >= 15 is 0 Å². The van der Waals surface area contributed by atoms with Crippen LogP contribution in [0.4, 0.5) is 0 Å². The second kappa shape index (κ2) is 6.76. The molecule has 7 heteroatoms. The van der Waals surface area contributed by atoms with Crippen LogP contribution in [0.1, 0.15) is 5.56 Å². The summed E-state index contributed by atoms with van der Waals surface area (Å²) in [6, 6.07) is 3.36. The highest BCUT2D eigenvalue weighted by molar-refractivity contribution is 5.85. The third-order valence-electron chi connectivity index (χ3n) is 2.78. The number of carbonyl (C=O) groups is 2. The molecule has 0 aliphatic rings. The second-order valence-electron chi connectivity index (χ2n) is 4.40. The van der Waals surface area contributed by atoms with Crippen LogP contribution in [0.2, 0.25) is 0 Å². The lowest BCUT2D eigenvalue weighted by Crippen LogP contribution is -2.45. The van der Waals surface area contributed by atoms with Crippen LogP contribution in [-0.4, -0.2) is 53.7 Å². The molecule has 1 atom stereocenters. The number of phenols is 2. The fourth-order valence-electron chi connectivity index (χ4n) is 1.66. The maximum atomic E-state index is 11.9. The van der Waals surface area contributed by atoms with Crippen molar-refractivity contribution in [3.63, 3.8) is 0 Å². The maximum Gasteiger partial charge on any atom is 0.325 e. The average Bonchev–Trinajstić information content (AvgIpc) is 2.41. The van der Waals surface area contributed by atoms with Crippen molar-refractivity contribution in [2.24, 2.45) is 5.73 Å². The minimum Gasteiger partial charge on any atom is -0.504 e. The quantitative estimate of drug-likeness (QED) is 0.500. The summed E-state index contributed by atoms with van der Waals surface area (Å²) in [6.07, 6.45) is 0.179. The van der Waals surface area contributed by atoms with Crippen molar-refractivity contribution in [1.29, 1.82) is 0 Å². The van der Waals surface area contributed by atoms with E-state index in [0.717, 1.165) is 0 Å². The molecule has 0 bridgehead atoms. The third kappa shape index (κ3) is 4.13. The van der Waals surface area contributed by atoms with E-state index in [2.05, 4.69) is 4.74 Å². The van der Waals surface area contributed by atoms with Crippen molar-refractivity contribution in [2.45, 2.75) is 12.5 Å². The second-order valence-corrected chi connectivity index (χ2v) is 4.40. The molecule has 0 aliphatic heterocycles. The smallest absolute Gasteiger partial charge is 0.325 e. The lowest BCUT2D eigenvalue weighted by molar-refractivity contribution is -0.146. The predicted octanol–water partition coefficient (Wildman–Crippen LogP) is -0.401. The molecule has 0 aliphatic carbocycles. The van der Waals surface area contributed by atoms with Gasteiger partial charge in [0.05, 0.1) is 13.2 Å². The molecule has 0 fully saturated rings. The minimum atomic E-state index is -0.853. The van der Waals surface area contributed by atoms with Crippen LogP contribution in [-0.2, 0) is 20.7 Å². The number of hydrogen-bond acceptors (Lipinski definition) is 6. The first-order valence-corrected chi connectivity index (χ1v) is 5.93. The van der Waals surface area contributed by atoms with Crippen molar-refractivity contribution < 1.29 is 24.5 Å². The van der Waals surface area contributed by atoms with Gasteiger partial charge in [-0.3, -0.25) is 9.59 Å². The Morgan fingerprint density at radius 2 is 2.00 bits per heavy atom. The summed E-state index contributed by atoms with van der Waals surface area (Å²) in [4.78, 5) is 24.2. The van der Waals surface area contributed by atoms with Gasteiger partial charge in [0.1, 0.15) is 6.54 Å². The van der Waals surface area contributed by atoms with Gasteiger partial charge >= 0.3 is 5.97 Å². The van der Waals surface area contributed by atoms with E-state index in [9.17, 15) is 19.8 Å². The summed E-state index contributed by atoms with van der Waals surface area (Å²) in [5.41, 5.74) is 6.37. The number of aromatic hydroxyl groups is 2. The maximum absolute atomic E-state index is 11.9. The highest BCUT2D eigenvalue weighted by Gasteiger charge is 2.20. The predicted molar refractivity (Wildman–Crippen MR) is 71.1 cm³/mol. The van der Waals surface area contributed by atoms with Gasteiger partial charge in [-0.1, -0.05) is 6.07 Å². The lowest BCUT2D eigenvalue weighted by atomic mass is 10.0. The molecule has 1 aromatic carbocycles. The number of methoxy groups -OCH3 is 1. The van der Waals surface area contributed by atoms with Crippen LogP contribution in [0, 0.1) is 0 Å². The number of phenolic OH excluding ortho intramolecular Hbond substituents is 2. The number of hydrogen-bond donors (Lipinski definition) is 3. The molecule has 0 aromatic heterocycles. The van der Waals surface area contributed by atoms with Crippen LogP contribution < -0.4 is 5.73 Å². The van der Waals surface area contributed by atoms with Crippen molar-refractivity contribution in [2.75, 3.05) is 20.7 Å². The zero-order chi connectivity index (χ0) is 15.3. The summed E-state index contributed by atoms with van der Waals surface area (Å²) < 4.78 is 4.46. The molecule has 0 saturated heterocycles. The molecule has 20 heavy (non-hydrogen) atoms. The van der Waals surface area contributed by atoms with Gasteiger partial charge in [-0.2, -0.15) is 0 Å². The van der Waals surface area contributed by atoms with Crippen LogP contribution in [0.25, 0.3) is 0 Å². The zero-order valence-electron chi connectivity index (χ0n) is 11.4. The van der Waals surface area contributed by atoms with E-state index in [1.165, 1.54) is 31.2 Å². The minimum absolute atomic E-state index is 0.177. The van der Waals surface area contributed by atoms with Gasteiger partial charge in [-0.05, 0) is 24.1 Å². The summed E-state index contributed by atoms with van der Waals surface area (Å²) in [5.74, 6) is -1.46. The van der Waals surface area contributed by atoms with Crippen LogP contribution in [0.5, 0.6) is 11.5 Å². The Balaban J connectivity index is 2.65. The lowest BCUT2D eigenvalue weighted by Gasteiger charge is -2.20. The Labute approximate surface area is 116 Å². The molecule has 1 amide bonds. The number of benzene rings is 1. The van der Waals surface area contributed by atoms with Gasteiger partial charge in [0.15, 0.2) is 11.5 Å². The largest absolute Gasteiger partial charge is 0.504 e. The average molecular weight is 282 g/mol. The first-order valence-electron chi connectivity index (χ1n) is 5.93. The van der Waals surface area contributed by atoms with Gasteiger partial charge in [0.2, 0.25) is 5.91 Å². The van der Waals surface area contributed by atoms with Crippen LogP contribution in [0.3, 0.4) is 0 Å². The highest BCUT2D eigenvalue weighted by atomic mass is 16.5. The fourth-order valence-corrected chi connectivity index (χ4v) is 1.66. The van der Waals surface area contributed by atoms with E-state index < -0.39 is 17.9 Å². The fraction of sp³-hybridized carbons (Fsp3) is 0.385. The summed E-state index contributed by atoms with van der Waals surface area (Å²) in [7, 11) is 2.69. The Morgan fingerprint density at radius 3 is 2.55 bits per heavy atom. The number of nitrogens with zero attached hydrogens (tertiary/aromatic N) is 1. The van der Waals surface area contributed by atoms with Gasteiger partial charge in [-0.25, -0.2) is 0 Å². The molecule has 0 saturated carbocycles. The number of ether oxygens (including phenoxy) is 1. The Hall–Kier alpha value is -2.28. The topological polar surface area (TPSA) is 113 Å². The molecule has 0 radical (unpaired) electrons. The Morgan fingerprint density at radius 1 is 1.35 bits per heavy atom. The Bertz CT molecular complexity index is 504. The van der Waals surface area contributed by atoms with Crippen molar-refractivity contribution >= 4 is 11.9 Å². The molecular weight excluding hydrogens is 264 g/mol. The standard InChI is InChI=1S/C13H18N2O5/c1-15(7-12(18)20-2)13(19)9(14)5-8-3-4-10(16)11(17)6-8/h3-4,6,9,16-17H,5,7,14H2,1-2H3. The van der Waals surface area contributed by atoms with E-state index in [1.54, 1.807) is 6.07 Å². The molecule has 1 rings (SSSR count). The summed E-state index contributed by atoms with van der Waals surface area (Å²) in [6.45, 7) is -0.177. The number of amides is 1. The van der Waals surface area contributed by atoms with Crippen LogP contribution >= 0.6 is 0 Å². The normalized spacial score (nSPS) is 11.8. The molecule has 4 N–H and O–H groups in total. The Kier molecular flexibility index (Phi) is 5.33. The third-order valence-corrected chi connectivity index (χ3v) is 2.78. The molecule has 0 spiro atoms. The number of nitrogens with two attached hydrogens (primary N) is 1. The van der Waals surface area contributed by atoms with Gasteiger partial charge in [0.25, 0.3) is 0 Å².